The van der Waals surface area contributed by atoms with Crippen LogP contribution in [0.15, 0.2) is 0 Å². The number of hydrogen-bond donors (Lipinski definition) is 8. The number of ketones is 1. The zero-order valence-electron chi connectivity index (χ0n) is 13.7. The van der Waals surface area contributed by atoms with E-state index in [4.69, 9.17) is 14.6 Å². The van der Waals surface area contributed by atoms with Crippen molar-refractivity contribution >= 4 is 5.78 Å². The summed E-state index contributed by atoms with van der Waals surface area (Å²) in [5.41, 5.74) is 0. The third-order valence-electron chi connectivity index (χ3n) is 4.22. The number of Topliss-reactive ketones (excluding diaryl/α,β-unsaturated/α-hetero) is 1. The van der Waals surface area contributed by atoms with Crippen molar-refractivity contribution in [3.63, 3.8) is 0 Å². The Morgan fingerprint density at radius 3 is 2.24 bits per heavy atom. The fraction of sp³-hybridized carbons (Fsp3) is 0.929. The van der Waals surface area contributed by atoms with E-state index in [-0.39, 0.29) is 6.42 Å². The van der Waals surface area contributed by atoms with Crippen LogP contribution >= 0.6 is 0 Å². The Hall–Kier alpha value is -0.730. The molecule has 1 fully saturated rings. The molecule has 8 atom stereocenters. The maximum Gasteiger partial charge on any atom is 0.197 e. The minimum Gasteiger partial charge on any atom is -0.394 e. The highest BCUT2D eigenvalue weighted by Gasteiger charge is 2.53. The Bertz CT molecular complexity index is 431. The fourth-order valence-corrected chi connectivity index (χ4v) is 2.51. The lowest BCUT2D eigenvalue weighted by Gasteiger charge is -2.47. The number of ether oxygens (including phenoxy) is 2. The lowest BCUT2D eigenvalue weighted by atomic mass is 9.91. The smallest absolute Gasteiger partial charge is 0.197 e. The predicted molar refractivity (Wildman–Crippen MR) is 79.1 cm³/mol. The number of carbonyl (C=O) groups is 1. The van der Waals surface area contributed by atoms with Gasteiger partial charge in [0.15, 0.2) is 11.6 Å². The van der Waals surface area contributed by atoms with Crippen molar-refractivity contribution in [3.05, 3.63) is 0 Å². The zero-order chi connectivity index (χ0) is 19.4. The van der Waals surface area contributed by atoms with Gasteiger partial charge in [-0.05, 0) is 0 Å². The van der Waals surface area contributed by atoms with Gasteiger partial charge in [-0.2, -0.15) is 0 Å². The first-order chi connectivity index (χ1) is 11.6. The van der Waals surface area contributed by atoms with Crippen LogP contribution in [-0.4, -0.2) is 115 Å². The molecule has 0 aromatic rings. The van der Waals surface area contributed by atoms with Gasteiger partial charge in [0.25, 0.3) is 0 Å². The summed E-state index contributed by atoms with van der Waals surface area (Å²) in [5, 5.41) is 76.0. The molecule has 0 saturated carbocycles. The van der Waals surface area contributed by atoms with E-state index < -0.39 is 74.1 Å². The van der Waals surface area contributed by atoms with Gasteiger partial charge in [0.1, 0.15) is 49.3 Å². The molecule has 0 spiro atoms. The van der Waals surface area contributed by atoms with Crippen LogP contribution in [-0.2, 0) is 14.3 Å². The zero-order valence-corrected chi connectivity index (χ0v) is 13.7. The Morgan fingerprint density at radius 1 is 1.16 bits per heavy atom. The fourth-order valence-electron chi connectivity index (χ4n) is 2.51. The number of rotatable bonds is 9. The number of carbonyl (C=O) groups excluding carboxylic acids is 1. The van der Waals surface area contributed by atoms with Crippen molar-refractivity contribution in [2.24, 2.45) is 0 Å². The predicted octanol–water partition coefficient (Wildman–Crippen LogP) is -4.77. The van der Waals surface area contributed by atoms with Crippen LogP contribution in [0.2, 0.25) is 0 Å². The maximum absolute atomic E-state index is 11.9. The summed E-state index contributed by atoms with van der Waals surface area (Å²) in [6, 6.07) is 0. The van der Waals surface area contributed by atoms with Gasteiger partial charge in [-0.1, -0.05) is 6.92 Å². The molecule has 11 heteroatoms. The summed E-state index contributed by atoms with van der Waals surface area (Å²) >= 11 is 0. The van der Waals surface area contributed by atoms with E-state index in [0.717, 1.165) is 0 Å². The van der Waals surface area contributed by atoms with E-state index in [0.29, 0.717) is 0 Å². The van der Waals surface area contributed by atoms with Gasteiger partial charge in [0, 0.05) is 6.42 Å². The number of hydrogen-bond acceptors (Lipinski definition) is 11. The van der Waals surface area contributed by atoms with Gasteiger partial charge in [0.2, 0.25) is 0 Å². The molecule has 25 heavy (non-hydrogen) atoms. The quantitative estimate of drug-likeness (QED) is 0.194. The summed E-state index contributed by atoms with van der Waals surface area (Å²) in [7, 11) is 0. The second-order valence-corrected chi connectivity index (χ2v) is 5.87. The minimum absolute atomic E-state index is 0.0837. The second-order valence-electron chi connectivity index (χ2n) is 5.87. The van der Waals surface area contributed by atoms with Gasteiger partial charge >= 0.3 is 0 Å². The lowest BCUT2D eigenvalue weighted by molar-refractivity contribution is -0.363. The molecule has 0 aromatic heterocycles. The molecular weight excluding hydrogens is 344 g/mol. The first-order valence-corrected chi connectivity index (χ1v) is 7.79. The molecule has 1 aliphatic rings. The van der Waals surface area contributed by atoms with Crippen molar-refractivity contribution in [2.75, 3.05) is 19.8 Å². The molecular formula is C14H26O11. The molecule has 8 N–H and O–H groups in total. The molecule has 0 amide bonds. The number of aliphatic hydroxyl groups is 8. The average molecular weight is 370 g/mol. The molecule has 0 aromatic carbocycles. The minimum atomic E-state index is -2.07. The van der Waals surface area contributed by atoms with Crippen LogP contribution in [0.4, 0.5) is 0 Å². The molecule has 0 aliphatic carbocycles. The Morgan fingerprint density at radius 2 is 1.76 bits per heavy atom. The van der Waals surface area contributed by atoms with Gasteiger partial charge in [0.05, 0.1) is 13.2 Å². The maximum atomic E-state index is 11.9. The monoisotopic (exact) mass is 370 g/mol. The Labute approximate surface area is 143 Å². The molecule has 0 radical (unpaired) electrons. The van der Waals surface area contributed by atoms with Crippen molar-refractivity contribution in [1.82, 2.24) is 0 Å². The van der Waals surface area contributed by atoms with E-state index >= 15 is 0 Å². The highest BCUT2D eigenvalue weighted by atomic mass is 16.7. The number of aliphatic hydroxyl groups excluding tert-OH is 8. The molecule has 11 nitrogen and oxygen atoms in total. The Kier molecular flexibility index (Phi) is 8.28. The van der Waals surface area contributed by atoms with Crippen LogP contribution in [0.25, 0.3) is 0 Å². The van der Waals surface area contributed by atoms with Crippen LogP contribution in [0.3, 0.4) is 0 Å². The average Bonchev–Trinajstić information content (AvgIpc) is 2.63. The van der Waals surface area contributed by atoms with Crippen LogP contribution < -0.4 is 0 Å². The molecule has 1 rings (SSSR count). The second kappa shape index (κ2) is 9.28. The van der Waals surface area contributed by atoms with Crippen LogP contribution in [0, 0.1) is 0 Å². The summed E-state index contributed by atoms with van der Waals surface area (Å²) in [6.07, 6.45) is -12.2. The summed E-state index contributed by atoms with van der Waals surface area (Å²) in [6.45, 7) is -0.945. The molecule has 1 saturated heterocycles. The van der Waals surface area contributed by atoms with Crippen molar-refractivity contribution in [3.8, 4) is 0 Å². The first-order valence-electron chi connectivity index (χ1n) is 7.79. The highest BCUT2D eigenvalue weighted by molar-refractivity contribution is 5.84. The van der Waals surface area contributed by atoms with Gasteiger partial charge < -0.3 is 50.3 Å². The lowest BCUT2D eigenvalue weighted by Crippen LogP contribution is -2.66. The standard InChI is InChI=1S/C14H26O11/c1-2-14(13(23)12(22)11(21)8(4-16)25-14)24-5-7(18)10(20)9(19)6(17)3-15/h6,8-13,15-17,19-23H,2-5H2,1H3/t6-,8-,9-,10-,11-,12+,13-,14-/m1/s1. The molecule has 1 heterocycles. The third-order valence-corrected chi connectivity index (χ3v) is 4.22. The summed E-state index contributed by atoms with van der Waals surface area (Å²) in [5.74, 6) is -3.02. The molecule has 0 bridgehead atoms. The van der Waals surface area contributed by atoms with Crippen molar-refractivity contribution < 1.29 is 55.1 Å². The van der Waals surface area contributed by atoms with Crippen LogP contribution in [0.5, 0.6) is 0 Å². The summed E-state index contributed by atoms with van der Waals surface area (Å²) < 4.78 is 10.5. The molecule has 1 aliphatic heterocycles. The third kappa shape index (κ3) is 4.71. The van der Waals surface area contributed by atoms with E-state index in [2.05, 4.69) is 0 Å². The molecule has 0 unspecified atom stereocenters. The first kappa shape index (κ1) is 22.3. The van der Waals surface area contributed by atoms with Gasteiger partial charge in [-0.3, -0.25) is 4.79 Å². The van der Waals surface area contributed by atoms with Crippen molar-refractivity contribution in [2.45, 2.75) is 61.9 Å². The van der Waals surface area contributed by atoms with E-state index in [1.165, 1.54) is 6.92 Å². The SMILES string of the molecule is CC[C@@]1(OCC(=O)[C@@H](O)[C@H](O)[C@H](O)CO)O[C@H](CO)[C@@H](O)[C@H](O)[C@H]1O. The van der Waals surface area contributed by atoms with Gasteiger partial charge in [-0.25, -0.2) is 0 Å². The highest BCUT2D eigenvalue weighted by Crippen LogP contribution is 2.33. The van der Waals surface area contributed by atoms with Gasteiger partial charge in [-0.15, -0.1) is 0 Å². The molecule has 148 valence electrons. The Balaban J connectivity index is 2.82. The van der Waals surface area contributed by atoms with E-state index in [1.54, 1.807) is 0 Å². The van der Waals surface area contributed by atoms with Crippen LogP contribution in [0.1, 0.15) is 13.3 Å². The van der Waals surface area contributed by atoms with E-state index in [9.17, 15) is 40.5 Å². The normalized spacial score (nSPS) is 36.7. The van der Waals surface area contributed by atoms with E-state index in [1.807, 2.05) is 0 Å². The topological polar surface area (TPSA) is 197 Å². The largest absolute Gasteiger partial charge is 0.394 e. The summed E-state index contributed by atoms with van der Waals surface area (Å²) in [4.78, 5) is 11.9. The van der Waals surface area contributed by atoms with Crippen molar-refractivity contribution in [1.29, 1.82) is 0 Å².